The molecule has 0 aromatic heterocycles. The molecule has 0 bridgehead atoms. The summed E-state index contributed by atoms with van der Waals surface area (Å²) >= 11 is 0. The van der Waals surface area contributed by atoms with E-state index in [0.29, 0.717) is 25.8 Å². The number of rotatable bonds is 8. The molecule has 1 aromatic carbocycles. The van der Waals surface area contributed by atoms with Crippen molar-refractivity contribution in [1.82, 2.24) is 15.5 Å². The van der Waals surface area contributed by atoms with Crippen LogP contribution >= 0.6 is 0 Å². The monoisotopic (exact) mass is 495 g/mol. The lowest BCUT2D eigenvalue weighted by molar-refractivity contribution is -0.142. The molecule has 8 nitrogen and oxygen atoms in total. The van der Waals surface area contributed by atoms with Crippen LogP contribution in [0.2, 0.25) is 0 Å². The Bertz CT molecular complexity index is 1010. The second-order valence-corrected chi connectivity index (χ2v) is 10.0. The molecule has 2 aliphatic heterocycles. The first-order chi connectivity index (χ1) is 16.4. The zero-order valence-corrected chi connectivity index (χ0v) is 19.4. The molecule has 3 amide bonds. The number of nitrogens with one attached hydrogen (secondary N) is 2. The normalized spacial score (nSPS) is 27.6. The first-order valence-corrected chi connectivity index (χ1v) is 11.6. The van der Waals surface area contributed by atoms with Crippen LogP contribution in [-0.2, 0) is 25.4 Å². The maximum atomic E-state index is 13.2. The van der Waals surface area contributed by atoms with Crippen LogP contribution in [0.3, 0.4) is 0 Å². The number of benzene rings is 1. The predicted molar refractivity (Wildman–Crippen MR) is 117 cm³/mol. The first-order valence-electron chi connectivity index (χ1n) is 11.6. The van der Waals surface area contributed by atoms with Gasteiger partial charge in [0.1, 0.15) is 18.1 Å². The molecule has 2 saturated heterocycles. The number of piperidine rings is 1. The van der Waals surface area contributed by atoms with Crippen molar-refractivity contribution in [2.45, 2.75) is 44.9 Å². The standard InChI is InChI=1S/C24H28F3N3O5/c1-23(2)17-10-30(18(32)12-35-16-5-3-14(4-6-16)24(25,26)27)20(19(17)23)22(34)29-15(11-31)9-13-7-8-28-21(13)33/h3-6,11,13,15,17,19-20H,7-10,12H2,1-2H3,(H,28,33)(H,29,34)/t13-,15-,17-,19-,20+/m0/s1. The highest BCUT2D eigenvalue weighted by atomic mass is 19.4. The van der Waals surface area contributed by atoms with Crippen LogP contribution in [0.25, 0.3) is 0 Å². The van der Waals surface area contributed by atoms with Crippen molar-refractivity contribution in [1.29, 1.82) is 0 Å². The summed E-state index contributed by atoms with van der Waals surface area (Å²) in [4.78, 5) is 51.0. The summed E-state index contributed by atoms with van der Waals surface area (Å²) in [7, 11) is 0. The highest BCUT2D eigenvalue weighted by Crippen LogP contribution is 2.64. The molecule has 5 atom stereocenters. The van der Waals surface area contributed by atoms with Crippen LogP contribution in [0.1, 0.15) is 32.3 Å². The first kappa shape index (κ1) is 25.0. The molecule has 0 spiro atoms. The van der Waals surface area contributed by atoms with E-state index in [0.717, 1.165) is 24.3 Å². The molecule has 3 fully saturated rings. The van der Waals surface area contributed by atoms with E-state index in [1.165, 1.54) is 4.90 Å². The van der Waals surface area contributed by atoms with Gasteiger partial charge in [0.15, 0.2) is 6.61 Å². The number of likely N-dealkylation sites (tertiary alicyclic amines) is 1. The zero-order chi connectivity index (χ0) is 25.5. The van der Waals surface area contributed by atoms with Crippen LogP contribution in [-0.4, -0.2) is 60.7 Å². The molecule has 0 unspecified atom stereocenters. The van der Waals surface area contributed by atoms with Gasteiger partial charge < -0.3 is 25.1 Å². The van der Waals surface area contributed by atoms with E-state index in [4.69, 9.17) is 4.74 Å². The Morgan fingerprint density at radius 2 is 1.97 bits per heavy atom. The van der Waals surface area contributed by atoms with Crippen molar-refractivity contribution >= 4 is 24.0 Å². The van der Waals surface area contributed by atoms with E-state index in [9.17, 15) is 32.3 Å². The molecule has 1 aliphatic carbocycles. The number of halogens is 3. The van der Waals surface area contributed by atoms with Crippen LogP contribution in [0.5, 0.6) is 5.75 Å². The maximum Gasteiger partial charge on any atom is 0.416 e. The van der Waals surface area contributed by atoms with Crippen LogP contribution in [0.15, 0.2) is 24.3 Å². The Morgan fingerprint density at radius 3 is 2.54 bits per heavy atom. The summed E-state index contributed by atoms with van der Waals surface area (Å²) in [5, 5.41) is 5.40. The van der Waals surface area contributed by atoms with Crippen molar-refractivity contribution in [2.75, 3.05) is 19.7 Å². The summed E-state index contributed by atoms with van der Waals surface area (Å²) in [5.41, 5.74) is -0.968. The van der Waals surface area contributed by atoms with Crippen LogP contribution in [0.4, 0.5) is 13.2 Å². The number of hydrogen-bond acceptors (Lipinski definition) is 5. The minimum absolute atomic E-state index is 0.0837. The summed E-state index contributed by atoms with van der Waals surface area (Å²) in [5.74, 6) is -1.29. The number of hydrogen-bond donors (Lipinski definition) is 2. The van der Waals surface area contributed by atoms with E-state index >= 15 is 0 Å². The number of aldehydes is 1. The van der Waals surface area contributed by atoms with E-state index in [2.05, 4.69) is 10.6 Å². The van der Waals surface area contributed by atoms with Gasteiger partial charge in [-0.15, -0.1) is 0 Å². The Labute approximate surface area is 200 Å². The number of ether oxygens (including phenoxy) is 1. The fourth-order valence-electron chi connectivity index (χ4n) is 5.40. The lowest BCUT2D eigenvalue weighted by Gasteiger charge is -2.31. The average Bonchev–Trinajstić information content (AvgIpc) is 3.16. The smallest absolute Gasteiger partial charge is 0.416 e. The second-order valence-electron chi connectivity index (χ2n) is 10.0. The third-order valence-corrected chi connectivity index (χ3v) is 7.53. The van der Waals surface area contributed by atoms with Gasteiger partial charge in [0.05, 0.1) is 11.6 Å². The second kappa shape index (κ2) is 9.16. The van der Waals surface area contributed by atoms with Gasteiger partial charge in [-0.2, -0.15) is 13.2 Å². The number of alkyl halides is 3. The largest absolute Gasteiger partial charge is 0.484 e. The van der Waals surface area contributed by atoms with E-state index in [1.807, 2.05) is 13.8 Å². The highest BCUT2D eigenvalue weighted by molar-refractivity contribution is 5.91. The molecule has 3 aliphatic rings. The molecule has 2 heterocycles. The zero-order valence-electron chi connectivity index (χ0n) is 19.4. The van der Waals surface area contributed by atoms with Crippen LogP contribution < -0.4 is 15.4 Å². The van der Waals surface area contributed by atoms with Crippen LogP contribution in [0, 0.1) is 23.2 Å². The number of fused-ring (bicyclic) bond motifs is 1. The average molecular weight is 495 g/mol. The van der Waals surface area contributed by atoms with Gasteiger partial charge in [-0.05, 0) is 54.4 Å². The third kappa shape index (κ3) is 4.99. The molecule has 1 aromatic rings. The van der Waals surface area contributed by atoms with Gasteiger partial charge in [0.2, 0.25) is 11.8 Å². The predicted octanol–water partition coefficient (Wildman–Crippen LogP) is 1.78. The summed E-state index contributed by atoms with van der Waals surface area (Å²) in [6, 6.07) is 2.37. The number of amides is 3. The van der Waals surface area contributed by atoms with Crippen molar-refractivity contribution in [3.05, 3.63) is 29.8 Å². The fourth-order valence-corrected chi connectivity index (χ4v) is 5.40. The van der Waals surface area contributed by atoms with Gasteiger partial charge in [-0.3, -0.25) is 14.4 Å². The van der Waals surface area contributed by atoms with Gasteiger partial charge in [0.25, 0.3) is 5.91 Å². The minimum atomic E-state index is -4.47. The summed E-state index contributed by atoms with van der Waals surface area (Å²) < 4.78 is 43.6. The van der Waals surface area contributed by atoms with Gasteiger partial charge >= 0.3 is 6.18 Å². The van der Waals surface area contributed by atoms with Crippen molar-refractivity contribution in [3.8, 4) is 5.75 Å². The highest BCUT2D eigenvalue weighted by Gasteiger charge is 2.69. The lowest BCUT2D eigenvalue weighted by atomic mass is 9.97. The topological polar surface area (TPSA) is 105 Å². The molecule has 190 valence electrons. The molecular formula is C24H28F3N3O5. The van der Waals surface area contributed by atoms with Crippen molar-refractivity contribution < 1.29 is 37.1 Å². The van der Waals surface area contributed by atoms with E-state index in [-0.39, 0.29) is 41.2 Å². The summed E-state index contributed by atoms with van der Waals surface area (Å²) in [6.07, 6.45) is -3.09. The van der Waals surface area contributed by atoms with Crippen molar-refractivity contribution in [3.63, 3.8) is 0 Å². The van der Waals surface area contributed by atoms with Gasteiger partial charge in [-0.1, -0.05) is 13.8 Å². The fraction of sp³-hybridized carbons (Fsp3) is 0.583. The van der Waals surface area contributed by atoms with E-state index < -0.39 is 42.2 Å². The molecule has 35 heavy (non-hydrogen) atoms. The SMILES string of the molecule is CC1(C)[C@@H]2[C@H](C(=O)N[C@H](C=O)C[C@@H]3CCNC3=O)N(C(=O)COc3ccc(C(F)(F)F)cc3)C[C@@H]21. The minimum Gasteiger partial charge on any atom is -0.484 e. The number of carbonyl (C=O) groups is 4. The Morgan fingerprint density at radius 1 is 1.29 bits per heavy atom. The lowest BCUT2D eigenvalue weighted by Crippen LogP contribution is -2.53. The molecular weight excluding hydrogens is 467 g/mol. The Balaban J connectivity index is 1.39. The van der Waals surface area contributed by atoms with Gasteiger partial charge in [0, 0.05) is 19.0 Å². The molecule has 4 rings (SSSR count). The summed E-state index contributed by atoms with van der Waals surface area (Å²) in [6.45, 7) is 4.48. The number of nitrogens with zero attached hydrogens (tertiary/aromatic N) is 1. The van der Waals surface area contributed by atoms with Gasteiger partial charge in [-0.25, -0.2) is 0 Å². The quantitative estimate of drug-likeness (QED) is 0.535. The maximum absolute atomic E-state index is 13.2. The third-order valence-electron chi connectivity index (χ3n) is 7.53. The van der Waals surface area contributed by atoms with Crippen molar-refractivity contribution in [2.24, 2.45) is 23.2 Å². The molecule has 0 radical (unpaired) electrons. The number of carbonyl (C=O) groups excluding carboxylic acids is 4. The molecule has 2 N–H and O–H groups in total. The Kier molecular flexibility index (Phi) is 6.54. The molecule has 11 heteroatoms. The Hall–Kier alpha value is -3.11. The van der Waals surface area contributed by atoms with E-state index in [1.54, 1.807) is 0 Å². The molecule has 1 saturated carbocycles.